The van der Waals surface area contributed by atoms with Gasteiger partial charge in [0, 0.05) is 0 Å². The van der Waals surface area contributed by atoms with Gasteiger partial charge in [-0.15, -0.1) is 0 Å². The molecule has 1 saturated carbocycles. The highest BCUT2D eigenvalue weighted by Crippen LogP contribution is 2.36. The molecule has 3 atom stereocenters. The number of benzene rings is 2. The molecule has 33 heavy (non-hydrogen) atoms. The smallest absolute Gasteiger partial charge is 0.408 e. The number of hydrogen-bond donors (Lipinski definition) is 1. The third-order valence-corrected chi connectivity index (χ3v) is 6.49. The Morgan fingerprint density at radius 1 is 1.00 bits per heavy atom. The van der Waals surface area contributed by atoms with E-state index < -0.39 is 5.60 Å². The Kier molecular flexibility index (Phi) is 8.82. The van der Waals surface area contributed by atoms with Gasteiger partial charge in [0.25, 0.3) is 0 Å². The molecule has 0 saturated heterocycles. The quantitative estimate of drug-likeness (QED) is 0.441. The van der Waals surface area contributed by atoms with E-state index in [0.29, 0.717) is 12.5 Å². The highest BCUT2D eigenvalue weighted by Gasteiger charge is 2.22. The van der Waals surface area contributed by atoms with Crippen molar-refractivity contribution >= 4 is 6.09 Å². The van der Waals surface area contributed by atoms with Crippen molar-refractivity contribution < 1.29 is 14.3 Å². The lowest BCUT2D eigenvalue weighted by molar-refractivity contribution is 0.0508. The standard InChI is InChI=1S/C29H41NO3/c1-6-32-27-18-11-23(12-19-27)20-22-8-7-9-25(13-10-22)26-16-14-24(15-17-26)21(2)30-28(31)33-29(3,4)5/h11-12,14-19,21-22,25H,6-10,13,20H2,1-5H3,(H,30,31). The van der Waals surface area contributed by atoms with E-state index in [1.54, 1.807) is 0 Å². The number of amides is 1. The van der Waals surface area contributed by atoms with Crippen molar-refractivity contribution in [1.82, 2.24) is 5.32 Å². The molecule has 3 unspecified atom stereocenters. The summed E-state index contributed by atoms with van der Waals surface area (Å²) in [6.45, 7) is 10.4. The molecule has 1 N–H and O–H groups in total. The molecule has 1 aliphatic rings. The number of alkyl carbamates (subject to hydrolysis) is 1. The Morgan fingerprint density at radius 3 is 2.33 bits per heavy atom. The highest BCUT2D eigenvalue weighted by molar-refractivity contribution is 5.68. The first kappa shape index (κ1) is 25.1. The summed E-state index contributed by atoms with van der Waals surface area (Å²) in [5.41, 5.74) is 3.45. The van der Waals surface area contributed by atoms with Gasteiger partial charge in [0.1, 0.15) is 11.4 Å². The molecule has 0 bridgehead atoms. The van der Waals surface area contributed by atoms with Gasteiger partial charge in [-0.3, -0.25) is 0 Å². The average Bonchev–Trinajstić information content (AvgIpc) is 2.99. The van der Waals surface area contributed by atoms with E-state index in [9.17, 15) is 4.79 Å². The van der Waals surface area contributed by atoms with Gasteiger partial charge in [-0.25, -0.2) is 4.79 Å². The van der Waals surface area contributed by atoms with E-state index in [1.807, 2.05) is 34.6 Å². The second-order valence-electron chi connectivity index (χ2n) is 10.4. The Bertz CT molecular complexity index is 867. The SMILES string of the molecule is CCOc1ccc(CC2CCCC(c3ccc(C(C)NC(=O)OC(C)(C)C)cc3)CC2)cc1. The van der Waals surface area contributed by atoms with Crippen LogP contribution in [0.3, 0.4) is 0 Å². The summed E-state index contributed by atoms with van der Waals surface area (Å²) in [6.07, 6.45) is 7.14. The predicted molar refractivity (Wildman–Crippen MR) is 135 cm³/mol. The first-order valence-corrected chi connectivity index (χ1v) is 12.5. The number of ether oxygens (including phenoxy) is 2. The minimum Gasteiger partial charge on any atom is -0.494 e. The Labute approximate surface area is 200 Å². The molecule has 0 aromatic heterocycles. The van der Waals surface area contributed by atoms with Crippen LogP contribution in [0.25, 0.3) is 0 Å². The van der Waals surface area contributed by atoms with Crippen molar-refractivity contribution in [2.75, 3.05) is 6.61 Å². The van der Waals surface area contributed by atoms with E-state index in [4.69, 9.17) is 9.47 Å². The normalized spacial score (nSPS) is 19.9. The van der Waals surface area contributed by atoms with Gasteiger partial charge in [-0.05, 0) is 101 Å². The van der Waals surface area contributed by atoms with Crippen LogP contribution in [0, 0.1) is 5.92 Å². The molecule has 2 aromatic rings. The van der Waals surface area contributed by atoms with Crippen molar-refractivity contribution in [1.29, 1.82) is 0 Å². The molecule has 1 amide bonds. The zero-order chi connectivity index (χ0) is 23.8. The van der Waals surface area contributed by atoms with Gasteiger partial charge in [0.15, 0.2) is 0 Å². The van der Waals surface area contributed by atoms with E-state index in [2.05, 4.69) is 53.8 Å². The molecule has 0 aliphatic heterocycles. The summed E-state index contributed by atoms with van der Waals surface area (Å²) >= 11 is 0. The molecular weight excluding hydrogens is 410 g/mol. The minimum absolute atomic E-state index is 0.0819. The average molecular weight is 452 g/mol. The lowest BCUT2D eigenvalue weighted by atomic mass is 9.89. The van der Waals surface area contributed by atoms with E-state index >= 15 is 0 Å². The first-order valence-electron chi connectivity index (χ1n) is 12.5. The predicted octanol–water partition coefficient (Wildman–Crippen LogP) is 7.58. The third-order valence-electron chi connectivity index (χ3n) is 6.49. The molecule has 3 rings (SSSR count). The Morgan fingerprint density at radius 2 is 1.70 bits per heavy atom. The summed E-state index contributed by atoms with van der Waals surface area (Å²) in [6, 6.07) is 17.4. The topological polar surface area (TPSA) is 47.6 Å². The van der Waals surface area contributed by atoms with Gasteiger partial charge in [0.2, 0.25) is 0 Å². The van der Waals surface area contributed by atoms with Gasteiger partial charge in [-0.2, -0.15) is 0 Å². The summed E-state index contributed by atoms with van der Waals surface area (Å²) in [5.74, 6) is 2.34. The number of carbonyl (C=O) groups excluding carboxylic acids is 1. The maximum absolute atomic E-state index is 12.1. The largest absolute Gasteiger partial charge is 0.494 e. The highest BCUT2D eigenvalue weighted by atomic mass is 16.6. The molecule has 180 valence electrons. The van der Waals surface area contributed by atoms with Crippen molar-refractivity contribution in [3.63, 3.8) is 0 Å². The van der Waals surface area contributed by atoms with Crippen LogP contribution < -0.4 is 10.1 Å². The molecule has 4 nitrogen and oxygen atoms in total. The Balaban J connectivity index is 1.51. The van der Waals surface area contributed by atoms with Crippen LogP contribution in [-0.4, -0.2) is 18.3 Å². The van der Waals surface area contributed by atoms with Gasteiger partial charge < -0.3 is 14.8 Å². The van der Waals surface area contributed by atoms with Gasteiger partial charge in [0.05, 0.1) is 12.6 Å². The lowest BCUT2D eigenvalue weighted by Crippen LogP contribution is -2.34. The Hall–Kier alpha value is -2.49. The van der Waals surface area contributed by atoms with Gasteiger partial charge >= 0.3 is 6.09 Å². The summed E-state index contributed by atoms with van der Waals surface area (Å²) < 4.78 is 10.9. The monoisotopic (exact) mass is 451 g/mol. The van der Waals surface area contributed by atoms with Crippen LogP contribution in [0.15, 0.2) is 48.5 Å². The number of nitrogens with one attached hydrogen (secondary N) is 1. The zero-order valence-electron chi connectivity index (χ0n) is 21.0. The molecule has 2 aromatic carbocycles. The fourth-order valence-electron chi connectivity index (χ4n) is 4.76. The van der Waals surface area contributed by atoms with Crippen molar-refractivity contribution in [2.45, 2.75) is 90.7 Å². The second kappa shape index (κ2) is 11.6. The summed E-state index contributed by atoms with van der Waals surface area (Å²) in [5, 5.41) is 2.93. The van der Waals surface area contributed by atoms with Crippen molar-refractivity contribution in [2.24, 2.45) is 5.92 Å². The molecule has 0 heterocycles. The first-order chi connectivity index (χ1) is 15.7. The van der Waals surface area contributed by atoms with Crippen LogP contribution in [0.2, 0.25) is 0 Å². The van der Waals surface area contributed by atoms with Crippen molar-refractivity contribution in [3.8, 4) is 5.75 Å². The molecule has 0 spiro atoms. The number of rotatable bonds is 7. The second-order valence-corrected chi connectivity index (χ2v) is 10.4. The number of hydrogen-bond acceptors (Lipinski definition) is 3. The minimum atomic E-state index is -0.488. The van der Waals surface area contributed by atoms with E-state index in [-0.39, 0.29) is 12.1 Å². The zero-order valence-corrected chi connectivity index (χ0v) is 21.0. The lowest BCUT2D eigenvalue weighted by Gasteiger charge is -2.22. The maximum atomic E-state index is 12.1. The molecule has 4 heteroatoms. The molecule has 0 radical (unpaired) electrons. The third kappa shape index (κ3) is 8.10. The van der Waals surface area contributed by atoms with Gasteiger partial charge in [-0.1, -0.05) is 49.2 Å². The maximum Gasteiger partial charge on any atom is 0.408 e. The number of carbonyl (C=O) groups is 1. The van der Waals surface area contributed by atoms with E-state index in [0.717, 1.165) is 23.7 Å². The fraction of sp³-hybridized carbons (Fsp3) is 0.552. The van der Waals surface area contributed by atoms with Crippen LogP contribution in [0.1, 0.15) is 95.4 Å². The summed E-state index contributed by atoms with van der Waals surface area (Å²) in [4.78, 5) is 12.1. The van der Waals surface area contributed by atoms with Crippen LogP contribution >= 0.6 is 0 Å². The fourth-order valence-corrected chi connectivity index (χ4v) is 4.76. The molecular formula is C29H41NO3. The van der Waals surface area contributed by atoms with Crippen LogP contribution in [0.4, 0.5) is 4.79 Å². The van der Waals surface area contributed by atoms with Crippen molar-refractivity contribution in [3.05, 3.63) is 65.2 Å². The molecule has 1 fully saturated rings. The van der Waals surface area contributed by atoms with Crippen LogP contribution in [-0.2, 0) is 11.2 Å². The molecule has 1 aliphatic carbocycles. The summed E-state index contributed by atoms with van der Waals surface area (Å²) in [7, 11) is 0. The van der Waals surface area contributed by atoms with E-state index in [1.165, 1.54) is 43.2 Å². The van der Waals surface area contributed by atoms with Crippen LogP contribution in [0.5, 0.6) is 5.75 Å².